The third-order valence-corrected chi connectivity index (χ3v) is 9.98. The first-order valence-corrected chi connectivity index (χ1v) is 17.6. The third-order valence-electron chi connectivity index (χ3n) is 8.96. The summed E-state index contributed by atoms with van der Waals surface area (Å²) in [5, 5.41) is 4.44. The van der Waals surface area contributed by atoms with E-state index in [2.05, 4.69) is 47.7 Å². The number of halogens is 1. The molecule has 0 radical (unpaired) electrons. The zero-order chi connectivity index (χ0) is 34.0. The summed E-state index contributed by atoms with van der Waals surface area (Å²) in [6.45, 7) is 14.9. The Kier molecular flexibility index (Phi) is 10.4. The Bertz CT molecular complexity index is 1590. The molecule has 0 bridgehead atoms. The lowest BCUT2D eigenvalue weighted by Crippen LogP contribution is -2.45. The van der Waals surface area contributed by atoms with Gasteiger partial charge in [-0.05, 0) is 115 Å². The van der Waals surface area contributed by atoms with E-state index < -0.39 is 5.60 Å². The molecule has 0 spiro atoms. The second-order valence-corrected chi connectivity index (χ2v) is 16.2. The molecule has 0 aromatic carbocycles. The second kappa shape index (κ2) is 14.0. The van der Waals surface area contributed by atoms with Crippen LogP contribution in [0.15, 0.2) is 53.7 Å². The van der Waals surface area contributed by atoms with Crippen LogP contribution in [0.5, 0.6) is 0 Å². The van der Waals surface area contributed by atoms with Crippen LogP contribution in [0.1, 0.15) is 114 Å². The minimum absolute atomic E-state index is 0.0560. The number of ether oxygens (including phenoxy) is 1. The molecular formula is C36H47ClN6O3S. The Labute approximate surface area is 288 Å². The lowest BCUT2D eigenvalue weighted by atomic mass is 9.76. The third kappa shape index (κ3) is 8.76. The van der Waals surface area contributed by atoms with E-state index in [1.54, 1.807) is 6.20 Å². The Morgan fingerprint density at radius 1 is 1.13 bits per heavy atom. The predicted octanol–water partition coefficient (Wildman–Crippen LogP) is 8.55. The summed E-state index contributed by atoms with van der Waals surface area (Å²) in [5.41, 5.74) is 2.49. The number of rotatable bonds is 9. The molecule has 5 rings (SSSR count). The number of amides is 2. The molecule has 3 aromatic heterocycles. The molecule has 3 aromatic rings. The molecular weight excluding hydrogens is 632 g/mol. The number of likely N-dealkylation sites (tertiary alicyclic amines) is 1. The van der Waals surface area contributed by atoms with E-state index in [9.17, 15) is 9.59 Å². The first-order chi connectivity index (χ1) is 22.1. The fourth-order valence-electron chi connectivity index (χ4n) is 6.69. The van der Waals surface area contributed by atoms with E-state index in [1.165, 1.54) is 0 Å². The number of aromatic nitrogens is 3. The first-order valence-electron chi connectivity index (χ1n) is 16.4. The molecule has 252 valence electrons. The minimum Gasteiger partial charge on any atom is -0.444 e. The van der Waals surface area contributed by atoms with Gasteiger partial charge in [0.1, 0.15) is 21.6 Å². The molecule has 1 aliphatic carbocycles. The smallest absolute Gasteiger partial charge is 0.410 e. The Hall–Kier alpha value is -3.37. The van der Waals surface area contributed by atoms with Gasteiger partial charge in [0.2, 0.25) is 0 Å². The topological polar surface area (TPSA) is 109 Å². The molecule has 9 nitrogen and oxygen atoms in total. The maximum Gasteiger partial charge on any atom is 0.410 e. The molecule has 0 saturated carbocycles. The molecule has 2 aliphatic rings. The summed E-state index contributed by atoms with van der Waals surface area (Å²) >= 11 is 7.65. The fraction of sp³-hybridized carbons (Fsp3) is 0.528. The minimum atomic E-state index is -0.537. The van der Waals surface area contributed by atoms with Crippen molar-refractivity contribution < 1.29 is 14.3 Å². The van der Waals surface area contributed by atoms with E-state index in [0.717, 1.165) is 67.4 Å². The van der Waals surface area contributed by atoms with Gasteiger partial charge in [-0.1, -0.05) is 37.6 Å². The van der Waals surface area contributed by atoms with Crippen LogP contribution in [0.25, 0.3) is 0 Å². The highest BCUT2D eigenvalue weighted by Crippen LogP contribution is 2.39. The standard InChI is InChI=1S/C36H47ClN6O3S/c1-34(2,3)46-33(45)43-22-23(21-36(43,6)7)16-17-27(26-13-8-9-19-38-26)39-28-14-10-15-29(40-28)47-42-32(44)25-20-24-12-11-18-35(4,5)30(24)41-31(25)37/h8-10,13-15,19-20,23,27H,11-12,16-18,21-22H2,1-7H3,(H,39,40)(H,42,44). The fourth-order valence-corrected chi connectivity index (χ4v) is 7.51. The molecule has 1 aliphatic heterocycles. The number of hydrogen-bond donors (Lipinski definition) is 2. The number of carbonyl (C=O) groups excluding carboxylic acids is 2. The van der Waals surface area contributed by atoms with E-state index in [0.29, 0.717) is 28.9 Å². The van der Waals surface area contributed by atoms with Gasteiger partial charge in [0.25, 0.3) is 5.91 Å². The summed E-state index contributed by atoms with van der Waals surface area (Å²) < 4.78 is 8.61. The first kappa shape index (κ1) is 35.0. The van der Waals surface area contributed by atoms with E-state index in [4.69, 9.17) is 21.3 Å². The van der Waals surface area contributed by atoms with E-state index in [1.807, 2.05) is 68.1 Å². The Morgan fingerprint density at radius 3 is 2.64 bits per heavy atom. The highest BCUT2D eigenvalue weighted by atomic mass is 35.5. The maximum absolute atomic E-state index is 13.2. The van der Waals surface area contributed by atoms with Crippen LogP contribution in [-0.4, -0.2) is 49.5 Å². The highest BCUT2D eigenvalue weighted by molar-refractivity contribution is 7.97. The van der Waals surface area contributed by atoms with Gasteiger partial charge in [0.05, 0.1) is 23.0 Å². The molecule has 1 fully saturated rings. The molecule has 2 atom stereocenters. The molecule has 1 saturated heterocycles. The van der Waals surface area contributed by atoms with E-state index >= 15 is 0 Å². The van der Waals surface area contributed by atoms with Crippen molar-refractivity contribution in [3.63, 3.8) is 0 Å². The van der Waals surface area contributed by atoms with Gasteiger partial charge in [-0.15, -0.1) is 0 Å². The van der Waals surface area contributed by atoms with Crippen LogP contribution >= 0.6 is 23.5 Å². The molecule has 4 heterocycles. The lowest BCUT2D eigenvalue weighted by Gasteiger charge is -2.33. The molecule has 2 amide bonds. The van der Waals surface area contributed by atoms with Crippen LogP contribution in [0.3, 0.4) is 0 Å². The van der Waals surface area contributed by atoms with Gasteiger partial charge >= 0.3 is 6.09 Å². The van der Waals surface area contributed by atoms with Crippen molar-refractivity contribution in [2.45, 2.75) is 115 Å². The van der Waals surface area contributed by atoms with Crippen LogP contribution in [0.4, 0.5) is 10.6 Å². The maximum atomic E-state index is 13.2. The number of pyridine rings is 3. The summed E-state index contributed by atoms with van der Waals surface area (Å²) in [6.07, 6.45) is 7.13. The second-order valence-electron chi connectivity index (χ2n) is 15.0. The van der Waals surface area contributed by atoms with E-state index in [-0.39, 0.29) is 34.1 Å². The SMILES string of the molecule is CC(C)(C)OC(=O)N1CC(CCC(Nc2cccc(SNC(=O)c3cc4c(nc3Cl)C(C)(C)CCC4)n2)c2ccccn2)CC1(C)C. The van der Waals surface area contributed by atoms with Crippen molar-refractivity contribution in [3.05, 3.63) is 76.3 Å². The van der Waals surface area contributed by atoms with Crippen molar-refractivity contribution in [2.75, 3.05) is 11.9 Å². The number of nitrogens with one attached hydrogen (secondary N) is 2. The summed E-state index contributed by atoms with van der Waals surface area (Å²) in [6, 6.07) is 13.4. The number of hydrogen-bond acceptors (Lipinski definition) is 8. The summed E-state index contributed by atoms with van der Waals surface area (Å²) in [5.74, 6) is 0.703. The highest BCUT2D eigenvalue weighted by Gasteiger charge is 2.43. The zero-order valence-corrected chi connectivity index (χ0v) is 30.1. The van der Waals surface area contributed by atoms with Crippen LogP contribution < -0.4 is 10.0 Å². The monoisotopic (exact) mass is 678 g/mol. The summed E-state index contributed by atoms with van der Waals surface area (Å²) in [7, 11) is 0. The van der Waals surface area contributed by atoms with Crippen LogP contribution in [0, 0.1) is 5.92 Å². The number of carbonyl (C=O) groups is 2. The summed E-state index contributed by atoms with van der Waals surface area (Å²) in [4.78, 5) is 42.1. The van der Waals surface area contributed by atoms with Gasteiger partial charge in [0, 0.05) is 35.6 Å². The molecule has 11 heteroatoms. The lowest BCUT2D eigenvalue weighted by molar-refractivity contribution is 0.0130. The number of nitrogens with zero attached hydrogens (tertiary/aromatic N) is 4. The molecule has 2 unspecified atom stereocenters. The van der Waals surface area contributed by atoms with Crippen molar-refractivity contribution in [2.24, 2.45) is 5.92 Å². The number of fused-ring (bicyclic) bond motifs is 1. The zero-order valence-electron chi connectivity index (χ0n) is 28.5. The predicted molar refractivity (Wildman–Crippen MR) is 188 cm³/mol. The quantitative estimate of drug-likeness (QED) is 0.171. The van der Waals surface area contributed by atoms with Crippen LogP contribution in [-0.2, 0) is 16.6 Å². The van der Waals surface area contributed by atoms with Crippen molar-refractivity contribution >= 4 is 41.4 Å². The number of anilines is 1. The van der Waals surface area contributed by atoms with Crippen LogP contribution in [0.2, 0.25) is 5.15 Å². The Morgan fingerprint density at radius 2 is 1.91 bits per heavy atom. The largest absolute Gasteiger partial charge is 0.444 e. The van der Waals surface area contributed by atoms with Gasteiger partial charge < -0.3 is 15.0 Å². The normalized spacial score (nSPS) is 19.1. The van der Waals surface area contributed by atoms with Gasteiger partial charge in [-0.3, -0.25) is 14.5 Å². The average Bonchev–Trinajstić information content (AvgIpc) is 3.32. The van der Waals surface area contributed by atoms with Gasteiger partial charge in [0.15, 0.2) is 0 Å². The molecule has 47 heavy (non-hydrogen) atoms. The molecule has 2 N–H and O–H groups in total. The van der Waals surface area contributed by atoms with Gasteiger partial charge in [-0.2, -0.15) is 0 Å². The van der Waals surface area contributed by atoms with Gasteiger partial charge in [-0.25, -0.2) is 14.8 Å². The average molecular weight is 679 g/mol. The number of aryl methyl sites for hydroxylation is 1. The van der Waals surface area contributed by atoms with Crippen molar-refractivity contribution in [1.29, 1.82) is 0 Å². The van der Waals surface area contributed by atoms with Crippen molar-refractivity contribution in [3.8, 4) is 0 Å². The Balaban J connectivity index is 1.23. The van der Waals surface area contributed by atoms with Crippen molar-refractivity contribution in [1.82, 2.24) is 24.6 Å².